The van der Waals surface area contributed by atoms with Crippen LogP contribution in [0.3, 0.4) is 0 Å². The van der Waals surface area contributed by atoms with Crippen LogP contribution >= 0.6 is 0 Å². The maximum Gasteiger partial charge on any atom is 0.331 e. The van der Waals surface area contributed by atoms with Crippen LogP contribution in [-0.2, 0) is 32.2 Å². The van der Waals surface area contributed by atoms with Gasteiger partial charge in [-0.2, -0.15) is 0 Å². The number of fused-ring (bicyclic) bond motifs is 2. The van der Waals surface area contributed by atoms with Crippen molar-refractivity contribution in [3.63, 3.8) is 0 Å². The van der Waals surface area contributed by atoms with Gasteiger partial charge in [0.15, 0.2) is 11.6 Å². The Labute approximate surface area is 353 Å². The first-order valence-electron chi connectivity index (χ1n) is 21.8. The number of ketones is 2. The van der Waals surface area contributed by atoms with Crippen LogP contribution in [-0.4, -0.2) is 72.6 Å². The molecular weight excluding hydrogens is 753 g/mol. The van der Waals surface area contributed by atoms with E-state index < -0.39 is 24.1 Å². The van der Waals surface area contributed by atoms with Crippen molar-refractivity contribution in [1.82, 2.24) is 9.80 Å². The van der Waals surface area contributed by atoms with Crippen molar-refractivity contribution in [2.24, 2.45) is 11.8 Å². The molecule has 0 bridgehead atoms. The maximum absolute atomic E-state index is 13.3. The molecule has 0 amide bonds. The molecule has 2 atom stereocenters. The molecule has 10 nitrogen and oxygen atoms in total. The number of ether oxygens (including phenoxy) is 2. The lowest BCUT2D eigenvalue weighted by atomic mass is 9.90. The van der Waals surface area contributed by atoms with Crippen molar-refractivity contribution < 1.29 is 28.7 Å². The number of nitrogens with zero attached hydrogens (tertiary/aromatic N) is 2. The van der Waals surface area contributed by atoms with Crippen molar-refractivity contribution in [2.45, 2.75) is 76.7 Å². The third kappa shape index (κ3) is 10.8. The van der Waals surface area contributed by atoms with Gasteiger partial charge in [-0.25, -0.2) is 9.59 Å². The zero-order valence-electron chi connectivity index (χ0n) is 34.4. The predicted molar refractivity (Wildman–Crippen MR) is 233 cm³/mol. The molecule has 4 aromatic rings. The van der Waals surface area contributed by atoms with Crippen LogP contribution in [0.25, 0.3) is 0 Å². The third-order valence-corrected chi connectivity index (χ3v) is 12.7. The molecule has 0 spiro atoms. The molecular formula is C50H56N4O6. The Morgan fingerprint density at radius 2 is 0.950 bits per heavy atom. The molecule has 4 aliphatic heterocycles. The summed E-state index contributed by atoms with van der Waals surface area (Å²) in [5.74, 6) is -0.108. The molecule has 2 fully saturated rings. The van der Waals surface area contributed by atoms with Crippen molar-refractivity contribution in [3.8, 4) is 0 Å². The second kappa shape index (κ2) is 19.7. The lowest BCUT2D eigenvalue weighted by molar-refractivity contribution is -0.145. The summed E-state index contributed by atoms with van der Waals surface area (Å²) < 4.78 is 11.5. The van der Waals surface area contributed by atoms with Crippen LogP contribution in [0.5, 0.6) is 0 Å². The first kappa shape index (κ1) is 41.2. The van der Waals surface area contributed by atoms with Crippen LogP contribution in [0.2, 0.25) is 0 Å². The quantitative estimate of drug-likeness (QED) is 0.0647. The number of likely N-dealkylation sites (tertiary alicyclic amines) is 2. The van der Waals surface area contributed by atoms with Crippen LogP contribution in [0.4, 0.5) is 11.4 Å². The highest BCUT2D eigenvalue weighted by atomic mass is 16.5. The molecule has 0 aromatic heterocycles. The molecule has 2 N–H and O–H groups in total. The van der Waals surface area contributed by atoms with E-state index in [1.807, 2.05) is 48.5 Å². The summed E-state index contributed by atoms with van der Waals surface area (Å²) in [6, 6.07) is 32.2. The van der Waals surface area contributed by atoms with Crippen LogP contribution in [0.15, 0.2) is 109 Å². The average Bonchev–Trinajstić information content (AvgIpc) is 3.88. The van der Waals surface area contributed by atoms with Gasteiger partial charge in [-0.05, 0) is 124 Å². The average molecular weight is 809 g/mol. The van der Waals surface area contributed by atoms with Gasteiger partial charge in [-0.15, -0.1) is 0 Å². The fourth-order valence-electron chi connectivity index (χ4n) is 9.17. The largest absolute Gasteiger partial charge is 0.452 e. The van der Waals surface area contributed by atoms with E-state index >= 15 is 0 Å². The zero-order chi connectivity index (χ0) is 41.3. The van der Waals surface area contributed by atoms with Gasteiger partial charge in [0.2, 0.25) is 0 Å². The first-order chi connectivity index (χ1) is 29.3. The summed E-state index contributed by atoms with van der Waals surface area (Å²) in [4.78, 5) is 57.3. The summed E-state index contributed by atoms with van der Waals surface area (Å²) >= 11 is 0. The Bertz CT molecular complexity index is 2000. The summed E-state index contributed by atoms with van der Waals surface area (Å²) in [6.07, 6.45) is 8.05. The number of anilines is 2. The second-order valence-corrected chi connectivity index (χ2v) is 16.9. The van der Waals surface area contributed by atoms with E-state index in [9.17, 15) is 19.2 Å². The second-order valence-electron chi connectivity index (χ2n) is 16.9. The van der Waals surface area contributed by atoms with E-state index in [0.717, 1.165) is 112 Å². The number of esters is 2. The Morgan fingerprint density at radius 1 is 0.550 bits per heavy atom. The molecule has 0 radical (unpaired) electrons. The Morgan fingerprint density at radius 3 is 1.35 bits per heavy atom. The Kier molecular flexibility index (Phi) is 13.5. The maximum atomic E-state index is 13.3. The van der Waals surface area contributed by atoms with E-state index in [4.69, 9.17) is 9.47 Å². The number of Topliss-reactive ketones (excluding diaryl/α,β-unsaturated/α-hetero) is 2. The van der Waals surface area contributed by atoms with Crippen molar-refractivity contribution >= 4 is 34.9 Å². The van der Waals surface area contributed by atoms with E-state index in [2.05, 4.69) is 69.0 Å². The summed E-state index contributed by atoms with van der Waals surface area (Å²) in [6.45, 7) is 6.86. The summed E-state index contributed by atoms with van der Waals surface area (Å²) in [5.41, 5.74) is 7.05. The minimum Gasteiger partial charge on any atom is -0.452 e. The summed E-state index contributed by atoms with van der Waals surface area (Å²) in [7, 11) is 0. The van der Waals surface area contributed by atoms with E-state index in [1.54, 1.807) is 0 Å². The number of rotatable bonds is 16. The topological polar surface area (TPSA) is 117 Å². The van der Waals surface area contributed by atoms with E-state index in [0.29, 0.717) is 48.9 Å². The van der Waals surface area contributed by atoms with Crippen molar-refractivity contribution in [1.29, 1.82) is 0 Å². The number of hydrogen-bond donors (Lipinski definition) is 2. The SMILES string of the molecule is O=C(/C=C/C(=O)OC1CNc2ccc(C(=O)CCC3CCN(Cc4ccccc4)CC3)cc21)OC1CNc2ccc(C(=O)CCC3CCN(Cc4ccccc4)CC3)cc21. The minimum atomic E-state index is -0.679. The smallest absolute Gasteiger partial charge is 0.331 e. The number of piperidine rings is 2. The Balaban J connectivity index is 0.765. The van der Waals surface area contributed by atoms with E-state index in [1.165, 1.54) is 11.1 Å². The van der Waals surface area contributed by atoms with Crippen LogP contribution in [0, 0.1) is 11.8 Å². The monoisotopic (exact) mass is 808 g/mol. The van der Waals surface area contributed by atoms with Crippen molar-refractivity contribution in [3.05, 3.63) is 143 Å². The highest BCUT2D eigenvalue weighted by Gasteiger charge is 2.29. The molecule has 0 saturated carbocycles. The number of carbonyl (C=O) groups excluding carboxylic acids is 4. The standard InChI is InChI=1S/C50H56N4O6/c55-45(17-11-35-21-25-53(26-22-35)33-37-7-3-1-4-8-37)39-13-15-43-41(29-39)47(31-51-43)59-49(57)19-20-50(58)60-48-32-52-44-16-14-40(30-42(44)48)46(56)18-12-36-23-27-54(28-24-36)34-38-9-5-2-6-10-38/h1-10,13-16,19-20,29-30,35-36,47-48,51-52H,11-12,17-18,21-28,31-34H2/b20-19+. The van der Waals surface area contributed by atoms with Gasteiger partial charge in [0, 0.05) is 71.7 Å². The first-order valence-corrected chi connectivity index (χ1v) is 21.8. The fraction of sp³-hybridized carbons (Fsp3) is 0.400. The molecule has 8 rings (SSSR count). The number of benzene rings is 4. The number of carbonyl (C=O) groups is 4. The Hall–Kier alpha value is -5.58. The molecule has 60 heavy (non-hydrogen) atoms. The highest BCUT2D eigenvalue weighted by molar-refractivity contribution is 5.98. The molecule has 4 heterocycles. The third-order valence-electron chi connectivity index (χ3n) is 12.7. The normalized spacial score (nSPS) is 19.6. The van der Waals surface area contributed by atoms with Gasteiger partial charge in [-0.3, -0.25) is 19.4 Å². The molecule has 10 heteroatoms. The van der Waals surface area contributed by atoms with Gasteiger partial charge in [0.1, 0.15) is 12.2 Å². The zero-order valence-corrected chi connectivity index (χ0v) is 34.4. The number of hydrogen-bond acceptors (Lipinski definition) is 10. The predicted octanol–water partition coefficient (Wildman–Crippen LogP) is 8.71. The van der Waals surface area contributed by atoms with Crippen LogP contribution in [0.1, 0.15) is 107 Å². The van der Waals surface area contributed by atoms with Gasteiger partial charge >= 0.3 is 11.9 Å². The lowest BCUT2D eigenvalue weighted by Gasteiger charge is -2.32. The number of nitrogens with one attached hydrogen (secondary N) is 2. The van der Waals surface area contributed by atoms with Gasteiger partial charge < -0.3 is 20.1 Å². The molecule has 2 unspecified atom stereocenters. The minimum absolute atomic E-state index is 0.0922. The molecule has 0 aliphatic carbocycles. The molecule has 4 aliphatic rings. The van der Waals surface area contributed by atoms with Crippen molar-refractivity contribution in [2.75, 3.05) is 49.9 Å². The highest BCUT2D eigenvalue weighted by Crippen LogP contribution is 2.36. The fourth-order valence-corrected chi connectivity index (χ4v) is 9.17. The molecule has 2 saturated heterocycles. The van der Waals surface area contributed by atoms with Gasteiger partial charge in [0.25, 0.3) is 0 Å². The lowest BCUT2D eigenvalue weighted by Crippen LogP contribution is -2.33. The van der Waals surface area contributed by atoms with E-state index in [-0.39, 0.29) is 11.6 Å². The van der Waals surface area contributed by atoms with Gasteiger partial charge in [-0.1, -0.05) is 60.7 Å². The summed E-state index contributed by atoms with van der Waals surface area (Å²) in [5, 5.41) is 6.51. The van der Waals surface area contributed by atoms with Gasteiger partial charge in [0.05, 0.1) is 13.1 Å². The molecule has 4 aromatic carbocycles. The molecule has 312 valence electrons. The van der Waals surface area contributed by atoms with Crippen LogP contribution < -0.4 is 10.6 Å².